The van der Waals surface area contributed by atoms with E-state index in [1.54, 1.807) is 4.90 Å². The van der Waals surface area contributed by atoms with Crippen molar-refractivity contribution >= 4 is 11.7 Å². The molecule has 0 aromatic carbocycles. The lowest BCUT2D eigenvalue weighted by Crippen LogP contribution is -2.34. The topological polar surface area (TPSA) is 48.5 Å². The molecule has 0 bridgehead atoms. The minimum Gasteiger partial charge on any atom is -0.347 e. The number of carbonyl (C=O) groups is 1. The Hall–Kier alpha value is -1.62. The van der Waals surface area contributed by atoms with Crippen molar-refractivity contribution < 1.29 is 4.79 Å². The zero-order chi connectivity index (χ0) is 13.7. The Morgan fingerprint density at radius 3 is 2.89 bits per heavy atom. The molecule has 0 atom stereocenters. The fraction of sp³-hybridized carbons (Fsp3) is 0.571. The predicted octanol–water partition coefficient (Wildman–Crippen LogP) is 0.860. The molecule has 1 aromatic rings. The molecule has 1 N–H and O–H groups in total. The smallest absolute Gasteiger partial charge is 0.241 e. The van der Waals surface area contributed by atoms with Gasteiger partial charge in [-0.2, -0.15) is 0 Å². The fourth-order valence-corrected chi connectivity index (χ4v) is 2.16. The van der Waals surface area contributed by atoms with Gasteiger partial charge < -0.3 is 15.1 Å². The van der Waals surface area contributed by atoms with Crippen molar-refractivity contribution in [1.29, 1.82) is 0 Å². The molecule has 1 aliphatic heterocycles. The van der Waals surface area contributed by atoms with Gasteiger partial charge in [-0.3, -0.25) is 4.79 Å². The standard InChI is InChI=1S/C14H22N4O/c1-3-15-9-12-5-6-13(16-10-12)18-8-4-7-17(2)14(19)11-18/h5-6,10,15H,3-4,7-9,11H2,1-2H3. The Bertz CT molecular complexity index is 418. The molecule has 1 amide bonds. The monoisotopic (exact) mass is 262 g/mol. The Morgan fingerprint density at radius 1 is 1.37 bits per heavy atom. The molecule has 2 rings (SSSR count). The van der Waals surface area contributed by atoms with Crippen LogP contribution in [0.3, 0.4) is 0 Å². The van der Waals surface area contributed by atoms with Crippen LogP contribution in [0.5, 0.6) is 0 Å². The molecule has 0 saturated carbocycles. The van der Waals surface area contributed by atoms with Crippen LogP contribution in [-0.4, -0.2) is 49.0 Å². The lowest BCUT2D eigenvalue weighted by molar-refractivity contribution is -0.127. The first-order valence-corrected chi connectivity index (χ1v) is 6.85. The number of carbonyl (C=O) groups excluding carboxylic acids is 1. The number of aromatic nitrogens is 1. The molecule has 0 spiro atoms. The number of anilines is 1. The quantitative estimate of drug-likeness (QED) is 0.874. The maximum Gasteiger partial charge on any atom is 0.241 e. The summed E-state index contributed by atoms with van der Waals surface area (Å²) in [6.45, 7) is 6.01. The maximum absolute atomic E-state index is 11.9. The second-order valence-corrected chi connectivity index (χ2v) is 4.90. The molecule has 0 radical (unpaired) electrons. The number of pyridine rings is 1. The van der Waals surface area contributed by atoms with E-state index in [-0.39, 0.29) is 5.91 Å². The van der Waals surface area contributed by atoms with Crippen LogP contribution in [0, 0.1) is 0 Å². The summed E-state index contributed by atoms with van der Waals surface area (Å²) in [5.74, 6) is 1.06. The molecule has 0 aliphatic carbocycles. The number of hydrogen-bond acceptors (Lipinski definition) is 4. The molecule has 19 heavy (non-hydrogen) atoms. The van der Waals surface area contributed by atoms with E-state index in [9.17, 15) is 4.79 Å². The van der Waals surface area contributed by atoms with E-state index < -0.39 is 0 Å². The molecule has 1 saturated heterocycles. The minimum absolute atomic E-state index is 0.163. The SMILES string of the molecule is CCNCc1ccc(N2CCCN(C)C(=O)C2)nc1. The van der Waals surface area contributed by atoms with Crippen molar-refractivity contribution in [1.82, 2.24) is 15.2 Å². The Morgan fingerprint density at radius 2 is 2.21 bits per heavy atom. The number of nitrogens with zero attached hydrogens (tertiary/aromatic N) is 3. The van der Waals surface area contributed by atoms with E-state index in [1.165, 1.54) is 5.56 Å². The van der Waals surface area contributed by atoms with E-state index in [4.69, 9.17) is 0 Å². The summed E-state index contributed by atoms with van der Waals surface area (Å²) in [5, 5.41) is 3.27. The van der Waals surface area contributed by atoms with Gasteiger partial charge in [0.2, 0.25) is 5.91 Å². The van der Waals surface area contributed by atoms with Gasteiger partial charge in [0.15, 0.2) is 0 Å². The normalized spacial score (nSPS) is 16.6. The average Bonchev–Trinajstić information content (AvgIpc) is 2.60. The number of amides is 1. The first-order chi connectivity index (χ1) is 9.20. The average molecular weight is 262 g/mol. The zero-order valence-corrected chi connectivity index (χ0v) is 11.7. The minimum atomic E-state index is 0.163. The highest BCUT2D eigenvalue weighted by Crippen LogP contribution is 2.14. The highest BCUT2D eigenvalue weighted by atomic mass is 16.2. The van der Waals surface area contributed by atoms with Crippen molar-refractivity contribution in [3.8, 4) is 0 Å². The van der Waals surface area contributed by atoms with E-state index in [2.05, 4.69) is 28.2 Å². The van der Waals surface area contributed by atoms with Gasteiger partial charge in [-0.1, -0.05) is 13.0 Å². The van der Waals surface area contributed by atoms with Crippen LogP contribution in [-0.2, 0) is 11.3 Å². The zero-order valence-electron chi connectivity index (χ0n) is 11.7. The summed E-state index contributed by atoms with van der Waals surface area (Å²) in [6.07, 6.45) is 2.88. The van der Waals surface area contributed by atoms with Gasteiger partial charge in [0.25, 0.3) is 0 Å². The largest absolute Gasteiger partial charge is 0.347 e. The van der Waals surface area contributed by atoms with Crippen LogP contribution >= 0.6 is 0 Å². The molecule has 5 heteroatoms. The summed E-state index contributed by atoms with van der Waals surface area (Å²) in [5.41, 5.74) is 1.17. The van der Waals surface area contributed by atoms with E-state index >= 15 is 0 Å². The number of nitrogens with one attached hydrogen (secondary N) is 1. The fourth-order valence-electron chi connectivity index (χ4n) is 2.16. The lowest BCUT2D eigenvalue weighted by Gasteiger charge is -2.20. The molecule has 1 aromatic heterocycles. The van der Waals surface area contributed by atoms with Gasteiger partial charge in [0, 0.05) is 32.9 Å². The van der Waals surface area contributed by atoms with Crippen molar-refractivity contribution in [3.05, 3.63) is 23.9 Å². The summed E-state index contributed by atoms with van der Waals surface area (Å²) in [4.78, 5) is 20.2. The summed E-state index contributed by atoms with van der Waals surface area (Å²) in [6, 6.07) is 4.08. The molecule has 1 fully saturated rings. The van der Waals surface area contributed by atoms with E-state index in [0.29, 0.717) is 6.54 Å². The van der Waals surface area contributed by atoms with Crippen LogP contribution in [0.15, 0.2) is 18.3 Å². The molecule has 0 unspecified atom stereocenters. The maximum atomic E-state index is 11.9. The Labute approximate surface area is 114 Å². The predicted molar refractivity (Wildman–Crippen MR) is 76.1 cm³/mol. The van der Waals surface area contributed by atoms with Crippen molar-refractivity contribution in [2.45, 2.75) is 19.9 Å². The number of hydrogen-bond donors (Lipinski definition) is 1. The lowest BCUT2D eigenvalue weighted by atomic mass is 10.2. The molecule has 104 valence electrons. The van der Waals surface area contributed by atoms with Gasteiger partial charge in [-0.05, 0) is 24.6 Å². The van der Waals surface area contributed by atoms with Gasteiger partial charge in [-0.25, -0.2) is 4.98 Å². The van der Waals surface area contributed by atoms with Crippen molar-refractivity contribution in [2.75, 3.05) is 38.1 Å². The third kappa shape index (κ3) is 3.67. The van der Waals surface area contributed by atoms with Gasteiger partial charge in [-0.15, -0.1) is 0 Å². The van der Waals surface area contributed by atoms with Gasteiger partial charge in [0.05, 0.1) is 6.54 Å². The molecule has 5 nitrogen and oxygen atoms in total. The second-order valence-electron chi connectivity index (χ2n) is 4.90. The highest BCUT2D eigenvalue weighted by molar-refractivity contribution is 5.81. The molecular weight excluding hydrogens is 240 g/mol. The first kappa shape index (κ1) is 13.8. The van der Waals surface area contributed by atoms with Crippen LogP contribution in [0.2, 0.25) is 0 Å². The summed E-state index contributed by atoms with van der Waals surface area (Å²) >= 11 is 0. The Balaban J connectivity index is 2.02. The highest BCUT2D eigenvalue weighted by Gasteiger charge is 2.19. The van der Waals surface area contributed by atoms with Crippen LogP contribution < -0.4 is 10.2 Å². The van der Waals surface area contributed by atoms with Crippen molar-refractivity contribution in [2.24, 2.45) is 0 Å². The number of likely N-dealkylation sites (N-methyl/N-ethyl adjacent to an activating group) is 1. The second kappa shape index (κ2) is 6.52. The third-order valence-electron chi connectivity index (χ3n) is 3.39. The van der Waals surface area contributed by atoms with Crippen LogP contribution in [0.4, 0.5) is 5.82 Å². The molecule has 1 aliphatic rings. The third-order valence-corrected chi connectivity index (χ3v) is 3.39. The molecule has 2 heterocycles. The summed E-state index contributed by atoms with van der Waals surface area (Å²) < 4.78 is 0. The Kier molecular flexibility index (Phi) is 4.74. The number of rotatable bonds is 4. The van der Waals surface area contributed by atoms with Crippen LogP contribution in [0.25, 0.3) is 0 Å². The van der Waals surface area contributed by atoms with Crippen LogP contribution in [0.1, 0.15) is 18.9 Å². The van der Waals surface area contributed by atoms with E-state index in [1.807, 2.05) is 19.3 Å². The van der Waals surface area contributed by atoms with Crippen molar-refractivity contribution in [3.63, 3.8) is 0 Å². The molecular formula is C14H22N4O. The van der Waals surface area contributed by atoms with Gasteiger partial charge >= 0.3 is 0 Å². The van der Waals surface area contributed by atoms with E-state index in [0.717, 1.165) is 38.4 Å². The summed E-state index contributed by atoms with van der Waals surface area (Å²) in [7, 11) is 1.86. The first-order valence-electron chi connectivity index (χ1n) is 6.85. The van der Waals surface area contributed by atoms with Gasteiger partial charge in [0.1, 0.15) is 5.82 Å².